The average molecular weight is 246 g/mol. The van der Waals surface area contributed by atoms with Crippen LogP contribution in [0.25, 0.3) is 0 Å². The summed E-state index contributed by atoms with van der Waals surface area (Å²) in [6, 6.07) is 11.7. The summed E-state index contributed by atoms with van der Waals surface area (Å²) in [7, 11) is 0. The summed E-state index contributed by atoms with van der Waals surface area (Å²) in [6.45, 7) is 3.39. The molecule has 18 heavy (non-hydrogen) atoms. The first-order chi connectivity index (χ1) is 8.83. The van der Waals surface area contributed by atoms with Crippen molar-refractivity contribution in [1.29, 1.82) is 0 Å². The highest BCUT2D eigenvalue weighted by atomic mass is 15.2. The van der Waals surface area contributed by atoms with Crippen LogP contribution in [0.2, 0.25) is 0 Å². The van der Waals surface area contributed by atoms with Crippen LogP contribution in [0.5, 0.6) is 0 Å². The van der Waals surface area contributed by atoms with Crippen LogP contribution in [0.3, 0.4) is 0 Å². The first-order valence-corrected chi connectivity index (χ1v) is 7.40. The molecule has 0 heterocycles. The van der Waals surface area contributed by atoms with Gasteiger partial charge in [-0.05, 0) is 31.4 Å². The Morgan fingerprint density at radius 2 is 1.89 bits per heavy atom. The summed E-state index contributed by atoms with van der Waals surface area (Å²) in [5.41, 5.74) is 7.69. The highest BCUT2D eigenvalue weighted by Crippen LogP contribution is 2.27. The number of nitrogens with two attached hydrogens (primary N) is 1. The zero-order chi connectivity index (χ0) is 12.8. The lowest BCUT2D eigenvalue weighted by Crippen LogP contribution is -2.50. The van der Waals surface area contributed by atoms with E-state index in [1.165, 1.54) is 44.2 Å². The molecule has 1 aliphatic carbocycles. The zero-order valence-corrected chi connectivity index (χ0v) is 11.5. The molecule has 2 rings (SSSR count). The molecular weight excluding hydrogens is 220 g/mol. The van der Waals surface area contributed by atoms with Crippen LogP contribution in [0.15, 0.2) is 30.3 Å². The molecule has 100 valence electrons. The van der Waals surface area contributed by atoms with Crippen molar-refractivity contribution in [3.63, 3.8) is 0 Å². The van der Waals surface area contributed by atoms with E-state index in [1.54, 1.807) is 0 Å². The predicted molar refractivity (Wildman–Crippen MR) is 78.9 cm³/mol. The molecule has 1 fully saturated rings. The molecule has 0 amide bonds. The zero-order valence-electron chi connectivity index (χ0n) is 11.5. The van der Waals surface area contributed by atoms with Crippen molar-refractivity contribution in [2.75, 3.05) is 11.4 Å². The fourth-order valence-corrected chi connectivity index (χ4v) is 2.96. The molecule has 0 spiro atoms. The molecule has 0 aliphatic heterocycles. The molecule has 1 aliphatic rings. The van der Waals surface area contributed by atoms with E-state index < -0.39 is 0 Å². The van der Waals surface area contributed by atoms with Crippen LogP contribution >= 0.6 is 0 Å². The fraction of sp³-hybridized carbons (Fsp3) is 0.625. The highest BCUT2D eigenvalue weighted by molar-refractivity contribution is 5.47. The van der Waals surface area contributed by atoms with Crippen LogP contribution in [-0.4, -0.2) is 18.6 Å². The quantitative estimate of drug-likeness (QED) is 0.860. The normalized spacial score (nSPS) is 23.9. The minimum Gasteiger partial charge on any atom is -0.367 e. The second-order valence-electron chi connectivity index (χ2n) is 5.40. The van der Waals surface area contributed by atoms with E-state index in [-0.39, 0.29) is 0 Å². The van der Waals surface area contributed by atoms with Crippen molar-refractivity contribution >= 4 is 5.69 Å². The van der Waals surface area contributed by atoms with Crippen LogP contribution < -0.4 is 10.6 Å². The third-order valence-electron chi connectivity index (χ3n) is 4.02. The van der Waals surface area contributed by atoms with E-state index in [1.807, 2.05) is 0 Å². The molecule has 0 radical (unpaired) electrons. The van der Waals surface area contributed by atoms with Gasteiger partial charge in [0, 0.05) is 24.3 Å². The monoisotopic (exact) mass is 246 g/mol. The molecule has 2 heteroatoms. The molecule has 1 aromatic rings. The van der Waals surface area contributed by atoms with Crippen LogP contribution in [-0.2, 0) is 0 Å². The molecule has 2 nitrogen and oxygen atoms in total. The van der Waals surface area contributed by atoms with Gasteiger partial charge in [-0.2, -0.15) is 0 Å². The van der Waals surface area contributed by atoms with E-state index in [0.717, 1.165) is 6.54 Å². The Bertz CT molecular complexity index is 336. The first kappa shape index (κ1) is 13.4. The first-order valence-electron chi connectivity index (χ1n) is 7.40. The number of benzene rings is 1. The van der Waals surface area contributed by atoms with Crippen molar-refractivity contribution in [2.24, 2.45) is 5.73 Å². The van der Waals surface area contributed by atoms with Crippen molar-refractivity contribution < 1.29 is 0 Å². The number of hydrogen-bond acceptors (Lipinski definition) is 2. The molecule has 2 N–H and O–H groups in total. The largest absolute Gasteiger partial charge is 0.367 e. The van der Waals surface area contributed by atoms with E-state index in [2.05, 4.69) is 42.2 Å². The minimum absolute atomic E-state index is 0.343. The number of hydrogen-bond donors (Lipinski definition) is 1. The summed E-state index contributed by atoms with van der Waals surface area (Å²) < 4.78 is 0. The smallest absolute Gasteiger partial charge is 0.0441 e. The summed E-state index contributed by atoms with van der Waals surface area (Å²) >= 11 is 0. The summed E-state index contributed by atoms with van der Waals surface area (Å²) in [5, 5.41) is 0. The number of rotatable bonds is 5. The van der Waals surface area contributed by atoms with Crippen LogP contribution in [0, 0.1) is 0 Å². The molecular formula is C16H26N2. The Kier molecular flexibility index (Phi) is 5.06. The van der Waals surface area contributed by atoms with Gasteiger partial charge >= 0.3 is 0 Å². The average Bonchev–Trinajstić information content (AvgIpc) is 2.42. The summed E-state index contributed by atoms with van der Waals surface area (Å²) in [5.74, 6) is 0. The maximum absolute atomic E-state index is 6.35. The van der Waals surface area contributed by atoms with Crippen molar-refractivity contribution in [3.05, 3.63) is 30.3 Å². The Hall–Kier alpha value is -1.02. The Balaban J connectivity index is 2.13. The van der Waals surface area contributed by atoms with Crippen molar-refractivity contribution in [1.82, 2.24) is 0 Å². The van der Waals surface area contributed by atoms with Gasteiger partial charge in [0.25, 0.3) is 0 Å². The summed E-state index contributed by atoms with van der Waals surface area (Å²) in [4.78, 5) is 2.55. The van der Waals surface area contributed by atoms with Gasteiger partial charge in [0.1, 0.15) is 0 Å². The van der Waals surface area contributed by atoms with Crippen LogP contribution in [0.1, 0.15) is 45.4 Å². The summed E-state index contributed by atoms with van der Waals surface area (Å²) in [6.07, 6.45) is 7.55. The molecule has 0 bridgehead atoms. The molecule has 1 aromatic carbocycles. The predicted octanol–water partition coefficient (Wildman–Crippen LogP) is 3.56. The van der Waals surface area contributed by atoms with Crippen LogP contribution in [0.4, 0.5) is 5.69 Å². The van der Waals surface area contributed by atoms with Gasteiger partial charge < -0.3 is 10.6 Å². The molecule has 0 saturated heterocycles. The fourth-order valence-electron chi connectivity index (χ4n) is 2.96. The Morgan fingerprint density at radius 1 is 1.17 bits per heavy atom. The number of anilines is 1. The van der Waals surface area contributed by atoms with E-state index in [9.17, 15) is 0 Å². The SMILES string of the molecule is CCCCN(c1ccccc1)C1CCCCC1N. The topological polar surface area (TPSA) is 29.3 Å². The van der Waals surface area contributed by atoms with Gasteiger partial charge in [0.05, 0.1) is 0 Å². The number of nitrogens with zero attached hydrogens (tertiary/aromatic N) is 1. The third-order valence-corrected chi connectivity index (χ3v) is 4.02. The van der Waals surface area contributed by atoms with Gasteiger partial charge in [-0.15, -0.1) is 0 Å². The standard InChI is InChI=1S/C16H26N2/c1-2-3-13-18(14-9-5-4-6-10-14)16-12-8-7-11-15(16)17/h4-6,9-10,15-16H,2-3,7-8,11-13,17H2,1H3. The van der Waals surface area contributed by atoms with E-state index >= 15 is 0 Å². The Labute approximate surface area is 111 Å². The van der Waals surface area contributed by atoms with E-state index in [0.29, 0.717) is 12.1 Å². The second-order valence-corrected chi connectivity index (χ2v) is 5.40. The van der Waals surface area contributed by atoms with Gasteiger partial charge in [0.15, 0.2) is 0 Å². The van der Waals surface area contributed by atoms with Gasteiger partial charge in [0.2, 0.25) is 0 Å². The van der Waals surface area contributed by atoms with Gasteiger partial charge in [-0.1, -0.05) is 44.4 Å². The molecule has 1 saturated carbocycles. The number of para-hydroxylation sites is 1. The molecule has 2 atom stereocenters. The third kappa shape index (κ3) is 3.26. The minimum atomic E-state index is 0.343. The van der Waals surface area contributed by atoms with Gasteiger partial charge in [-0.3, -0.25) is 0 Å². The van der Waals surface area contributed by atoms with Crippen molar-refractivity contribution in [2.45, 2.75) is 57.5 Å². The lowest BCUT2D eigenvalue weighted by atomic mass is 9.89. The lowest BCUT2D eigenvalue weighted by Gasteiger charge is -2.40. The van der Waals surface area contributed by atoms with Gasteiger partial charge in [-0.25, -0.2) is 0 Å². The Morgan fingerprint density at radius 3 is 2.56 bits per heavy atom. The van der Waals surface area contributed by atoms with E-state index in [4.69, 9.17) is 5.73 Å². The van der Waals surface area contributed by atoms with Crippen molar-refractivity contribution in [3.8, 4) is 0 Å². The number of unbranched alkanes of at least 4 members (excludes halogenated alkanes) is 1. The molecule has 2 unspecified atom stereocenters. The maximum Gasteiger partial charge on any atom is 0.0441 e. The second kappa shape index (κ2) is 6.79. The highest BCUT2D eigenvalue weighted by Gasteiger charge is 2.27. The molecule has 0 aromatic heterocycles. The lowest BCUT2D eigenvalue weighted by molar-refractivity contribution is 0.362. The maximum atomic E-state index is 6.35.